The van der Waals surface area contributed by atoms with Crippen LogP contribution in [0, 0.1) is 6.92 Å². The number of rotatable bonds is 16. The molecule has 280 valence electrons. The van der Waals surface area contributed by atoms with Crippen LogP contribution >= 0.6 is 11.6 Å². The Kier molecular flexibility index (Phi) is 12.3. The molecular weight excluding hydrogens is 726 g/mol. The normalized spacial score (nSPS) is 15.5. The summed E-state index contributed by atoms with van der Waals surface area (Å²) >= 11 is 6.94. The number of benzene rings is 1. The molecule has 0 amide bonds. The Bertz CT molecular complexity index is 2120. The van der Waals surface area contributed by atoms with Crippen molar-refractivity contribution >= 4 is 48.7 Å². The molecule has 4 heterocycles. The van der Waals surface area contributed by atoms with E-state index in [1.807, 2.05) is 20.0 Å². The smallest absolute Gasteiger partial charge is 0.354 e. The fourth-order valence-electron chi connectivity index (χ4n) is 6.43. The van der Waals surface area contributed by atoms with E-state index in [2.05, 4.69) is 5.10 Å². The van der Waals surface area contributed by atoms with Crippen LogP contribution in [0.5, 0.6) is 0 Å². The molecule has 0 aliphatic carbocycles. The van der Waals surface area contributed by atoms with Crippen LogP contribution in [0.3, 0.4) is 0 Å². The zero-order valence-corrected chi connectivity index (χ0v) is 32.0. The van der Waals surface area contributed by atoms with Crippen LogP contribution in [0.1, 0.15) is 64.5 Å². The van der Waals surface area contributed by atoms with Crippen molar-refractivity contribution in [2.45, 2.75) is 71.5 Å². The van der Waals surface area contributed by atoms with E-state index in [0.717, 1.165) is 48.4 Å². The minimum Gasteiger partial charge on any atom is -0.464 e. The van der Waals surface area contributed by atoms with Crippen molar-refractivity contribution in [3.8, 4) is 11.1 Å². The van der Waals surface area contributed by atoms with Gasteiger partial charge in [-0.3, -0.25) is 17.7 Å². The van der Waals surface area contributed by atoms with Gasteiger partial charge in [-0.05, 0) is 56.7 Å². The maximum absolute atomic E-state index is 13.1. The summed E-state index contributed by atoms with van der Waals surface area (Å²) in [5.41, 5.74) is 5.65. The number of nitrogens with zero attached hydrogens (tertiary/aromatic N) is 5. The first-order chi connectivity index (χ1) is 24.1. The summed E-state index contributed by atoms with van der Waals surface area (Å²) in [6.45, 7) is 3.03. The predicted octanol–water partition coefficient (Wildman–Crippen LogP) is 4.19. The van der Waals surface area contributed by atoms with E-state index in [4.69, 9.17) is 39.3 Å². The number of hydrogen-bond donors (Lipinski definition) is 0. The molecule has 1 aliphatic rings. The molecular formula is C33H44ClN5O10S2. The second-order valence-electron chi connectivity index (χ2n) is 12.6. The molecule has 0 radical (unpaired) electrons. The molecule has 0 spiro atoms. The summed E-state index contributed by atoms with van der Waals surface area (Å²) in [6.07, 6.45) is 5.59. The molecule has 15 nitrogen and oxygen atoms in total. The Morgan fingerprint density at radius 2 is 1.76 bits per heavy atom. The summed E-state index contributed by atoms with van der Waals surface area (Å²) in [5, 5.41) is 10.6. The lowest BCUT2D eigenvalue weighted by atomic mass is 9.98. The second kappa shape index (κ2) is 16.1. The summed E-state index contributed by atoms with van der Waals surface area (Å²) in [4.78, 5) is 13.1. The number of carbonyl (C=O) groups excluding carboxylic acids is 1. The zero-order valence-electron chi connectivity index (χ0n) is 29.6. The largest absolute Gasteiger partial charge is 0.464 e. The number of hydrogen-bond acceptors (Lipinski definition) is 12. The monoisotopic (exact) mass is 769 g/mol. The lowest BCUT2D eigenvalue weighted by Crippen LogP contribution is -2.26. The van der Waals surface area contributed by atoms with E-state index in [9.17, 15) is 21.6 Å². The highest BCUT2D eigenvalue weighted by atomic mass is 35.5. The highest BCUT2D eigenvalue weighted by Crippen LogP contribution is 2.42. The van der Waals surface area contributed by atoms with Crippen LogP contribution in [0.4, 0.5) is 0 Å². The highest BCUT2D eigenvalue weighted by molar-refractivity contribution is 7.86. The Hall–Kier alpha value is -3.32. The minimum absolute atomic E-state index is 0.0329. The lowest BCUT2D eigenvalue weighted by Gasteiger charge is -2.23. The summed E-state index contributed by atoms with van der Waals surface area (Å²) in [6, 6.07) is 5.36. The molecule has 51 heavy (non-hydrogen) atoms. The Labute approximate surface area is 302 Å². The SMILES string of the molecule is COC(=O)c1c(CCCOS(C)(=O)=O)c2ccc(Cl)c(-c3c(COCc4cc(COS(C)(=O)=O)n(CC5CCCCO5)n4)nn(C)c3C)c2n1C. The zero-order chi connectivity index (χ0) is 37.1. The van der Waals surface area contributed by atoms with Crippen molar-refractivity contribution in [3.05, 3.63) is 57.3 Å². The van der Waals surface area contributed by atoms with Crippen LogP contribution in [-0.4, -0.2) is 85.9 Å². The van der Waals surface area contributed by atoms with Crippen LogP contribution < -0.4 is 0 Å². The van der Waals surface area contributed by atoms with Gasteiger partial charge in [-0.15, -0.1) is 0 Å². The van der Waals surface area contributed by atoms with E-state index in [1.165, 1.54) is 7.11 Å². The molecule has 5 rings (SSSR count). The molecule has 1 unspecified atom stereocenters. The summed E-state index contributed by atoms with van der Waals surface area (Å²) in [7, 11) is -2.41. The van der Waals surface area contributed by atoms with Gasteiger partial charge in [-0.25, -0.2) is 4.79 Å². The maximum atomic E-state index is 13.1. The number of aryl methyl sites for hydroxylation is 3. The van der Waals surface area contributed by atoms with Gasteiger partial charge in [-0.2, -0.15) is 27.0 Å². The Morgan fingerprint density at radius 3 is 2.43 bits per heavy atom. The van der Waals surface area contributed by atoms with Gasteiger partial charge in [0.15, 0.2) is 0 Å². The fourth-order valence-corrected chi connectivity index (χ4v) is 7.44. The highest BCUT2D eigenvalue weighted by Gasteiger charge is 2.28. The first-order valence-corrected chi connectivity index (χ1v) is 20.4. The second-order valence-corrected chi connectivity index (χ2v) is 16.3. The fraction of sp³-hybridized carbons (Fsp3) is 0.545. The third-order valence-electron chi connectivity index (χ3n) is 8.79. The van der Waals surface area contributed by atoms with Gasteiger partial charge in [-0.1, -0.05) is 17.7 Å². The molecule has 0 N–H and O–H groups in total. The molecule has 0 saturated carbocycles. The van der Waals surface area contributed by atoms with Crippen LogP contribution in [0.2, 0.25) is 5.02 Å². The number of ether oxygens (including phenoxy) is 3. The summed E-state index contributed by atoms with van der Waals surface area (Å²) < 4.78 is 78.9. The van der Waals surface area contributed by atoms with Crippen molar-refractivity contribution in [1.29, 1.82) is 0 Å². The number of carbonyl (C=O) groups is 1. The minimum atomic E-state index is -3.67. The van der Waals surface area contributed by atoms with Gasteiger partial charge in [0.05, 0.1) is 79.7 Å². The molecule has 4 aromatic rings. The molecule has 1 aromatic carbocycles. The van der Waals surface area contributed by atoms with Gasteiger partial charge in [0.2, 0.25) is 0 Å². The summed E-state index contributed by atoms with van der Waals surface area (Å²) in [5.74, 6) is -0.544. The first kappa shape index (κ1) is 38.9. The van der Waals surface area contributed by atoms with Crippen molar-refractivity contribution in [2.75, 3.05) is 32.8 Å². The van der Waals surface area contributed by atoms with E-state index in [-0.39, 0.29) is 32.5 Å². The van der Waals surface area contributed by atoms with E-state index < -0.39 is 26.2 Å². The first-order valence-electron chi connectivity index (χ1n) is 16.4. The molecule has 18 heteroatoms. The average Bonchev–Trinajstić information content (AvgIpc) is 3.68. The van der Waals surface area contributed by atoms with Gasteiger partial charge in [0.1, 0.15) is 12.3 Å². The molecule has 3 aromatic heterocycles. The predicted molar refractivity (Wildman–Crippen MR) is 189 cm³/mol. The number of esters is 1. The number of aromatic nitrogens is 5. The van der Waals surface area contributed by atoms with Crippen LogP contribution in [0.15, 0.2) is 18.2 Å². The van der Waals surface area contributed by atoms with Crippen LogP contribution in [-0.2, 0) is 89.7 Å². The van der Waals surface area contributed by atoms with E-state index in [1.54, 1.807) is 33.1 Å². The Morgan fingerprint density at radius 1 is 1.02 bits per heavy atom. The van der Waals surface area contributed by atoms with Gasteiger partial charge in [0.25, 0.3) is 20.2 Å². The number of halogens is 1. The topological polar surface area (TPSA) is 172 Å². The molecule has 1 atom stereocenters. The average molecular weight is 770 g/mol. The van der Waals surface area contributed by atoms with Gasteiger partial charge in [0, 0.05) is 42.9 Å². The van der Waals surface area contributed by atoms with Crippen molar-refractivity contribution in [3.63, 3.8) is 0 Å². The third kappa shape index (κ3) is 9.38. The van der Waals surface area contributed by atoms with Gasteiger partial charge >= 0.3 is 5.97 Å². The number of methoxy groups -OCH3 is 1. The molecule has 0 bridgehead atoms. The van der Waals surface area contributed by atoms with Crippen LogP contribution in [0.25, 0.3) is 22.0 Å². The van der Waals surface area contributed by atoms with E-state index in [0.29, 0.717) is 70.4 Å². The lowest BCUT2D eigenvalue weighted by molar-refractivity contribution is 0.00291. The molecule has 1 fully saturated rings. The van der Waals surface area contributed by atoms with Gasteiger partial charge < -0.3 is 18.8 Å². The van der Waals surface area contributed by atoms with Crippen molar-refractivity contribution in [1.82, 2.24) is 24.1 Å². The van der Waals surface area contributed by atoms with Crippen molar-refractivity contribution < 1.29 is 44.2 Å². The molecule has 1 aliphatic heterocycles. The van der Waals surface area contributed by atoms with E-state index >= 15 is 0 Å². The number of fused-ring (bicyclic) bond motifs is 1. The Balaban J connectivity index is 1.45. The maximum Gasteiger partial charge on any atom is 0.354 e. The third-order valence-corrected chi connectivity index (χ3v) is 10.2. The molecule has 1 saturated heterocycles. The standard InChI is InChI=1S/C33H44ClN5O10S2/c1-21-29(30-27(34)13-12-26-25(11-9-15-48-50(5,41)42)32(33(40)45-4)37(2)31(26)30)28(36-38(21)3)20-46-18-22-16-23(19-49-51(6,43)44)39(35-22)17-24-10-7-8-14-47-24/h12-13,16,24H,7-11,14-15,17-20H2,1-6H3. The van der Waals surface area contributed by atoms with Crippen molar-refractivity contribution in [2.24, 2.45) is 14.1 Å². The quantitative estimate of drug-likeness (QED) is 0.0905.